The molecule has 4 aromatic rings. The molecular formula is C25H22ClFN4O3. The lowest BCUT2D eigenvalue weighted by molar-refractivity contribution is 0.0595. The quantitative estimate of drug-likeness (QED) is 0.317. The standard InChI is InChI=1S/C25H22ClFN4O3/c1-13-11-17(14(2)28-19-9-10-20(26)29-22(19)25(33)34-4)21-18(12-13)24(32)31(3)23(30-21)15-5-7-16(27)8-6-15/h5-12,14,28H,1-4H3/t14-/m1/s1. The summed E-state index contributed by atoms with van der Waals surface area (Å²) in [4.78, 5) is 34.3. The van der Waals surface area contributed by atoms with Crippen LogP contribution in [0.15, 0.2) is 53.3 Å². The molecule has 0 saturated carbocycles. The van der Waals surface area contributed by atoms with Crippen molar-refractivity contribution < 1.29 is 13.9 Å². The van der Waals surface area contributed by atoms with Crippen molar-refractivity contribution in [1.29, 1.82) is 0 Å². The smallest absolute Gasteiger partial charge is 0.358 e. The van der Waals surface area contributed by atoms with Gasteiger partial charge in [-0.25, -0.2) is 19.2 Å². The summed E-state index contributed by atoms with van der Waals surface area (Å²) in [6, 6.07) is 12.4. The molecular weight excluding hydrogens is 459 g/mol. The van der Waals surface area contributed by atoms with Gasteiger partial charge in [0.15, 0.2) is 5.69 Å². The molecule has 2 aromatic heterocycles. The highest BCUT2D eigenvalue weighted by Crippen LogP contribution is 2.29. The Morgan fingerprint density at radius 3 is 2.53 bits per heavy atom. The summed E-state index contributed by atoms with van der Waals surface area (Å²) < 4.78 is 19.7. The number of carbonyl (C=O) groups excluding carboxylic acids is 1. The summed E-state index contributed by atoms with van der Waals surface area (Å²) in [5, 5.41) is 3.89. The number of aromatic nitrogens is 3. The van der Waals surface area contributed by atoms with E-state index in [0.29, 0.717) is 28.0 Å². The number of pyridine rings is 1. The normalized spacial score (nSPS) is 11.9. The Labute approximate surface area is 200 Å². The Kier molecular flexibility index (Phi) is 6.34. The van der Waals surface area contributed by atoms with Crippen LogP contribution in [0.3, 0.4) is 0 Å². The number of rotatable bonds is 5. The Morgan fingerprint density at radius 2 is 1.85 bits per heavy atom. The maximum absolute atomic E-state index is 13.5. The van der Waals surface area contributed by atoms with E-state index in [0.717, 1.165) is 11.1 Å². The number of methoxy groups -OCH3 is 1. The van der Waals surface area contributed by atoms with Gasteiger partial charge in [0, 0.05) is 18.2 Å². The fraction of sp³-hybridized carbons (Fsp3) is 0.200. The molecule has 4 rings (SSSR count). The van der Waals surface area contributed by atoms with Gasteiger partial charge in [0.2, 0.25) is 0 Å². The lowest BCUT2D eigenvalue weighted by Gasteiger charge is -2.20. The Hall–Kier alpha value is -3.78. The van der Waals surface area contributed by atoms with Crippen LogP contribution in [0.25, 0.3) is 22.3 Å². The van der Waals surface area contributed by atoms with Crippen molar-refractivity contribution in [3.8, 4) is 11.4 Å². The molecule has 1 atom stereocenters. The predicted octanol–water partition coefficient (Wildman–Crippen LogP) is 5.06. The van der Waals surface area contributed by atoms with Gasteiger partial charge in [0.05, 0.1) is 29.7 Å². The van der Waals surface area contributed by atoms with Gasteiger partial charge in [-0.2, -0.15) is 0 Å². The molecule has 174 valence electrons. The lowest BCUT2D eigenvalue weighted by Crippen LogP contribution is -2.22. The summed E-state index contributed by atoms with van der Waals surface area (Å²) in [5.74, 6) is -0.586. The fourth-order valence-electron chi connectivity index (χ4n) is 3.85. The molecule has 1 N–H and O–H groups in total. The van der Waals surface area contributed by atoms with Crippen LogP contribution in [0.5, 0.6) is 0 Å². The number of fused-ring (bicyclic) bond motifs is 1. The SMILES string of the molecule is COC(=O)c1nc(Cl)ccc1N[C@H](C)c1cc(C)cc2c(=O)n(C)c(-c3ccc(F)cc3)nc12. The molecule has 0 bridgehead atoms. The molecule has 2 heterocycles. The van der Waals surface area contributed by atoms with Crippen molar-refractivity contribution in [1.82, 2.24) is 14.5 Å². The van der Waals surface area contributed by atoms with E-state index in [1.165, 1.54) is 23.8 Å². The molecule has 7 nitrogen and oxygen atoms in total. The van der Waals surface area contributed by atoms with E-state index < -0.39 is 5.97 Å². The summed E-state index contributed by atoms with van der Waals surface area (Å²) in [7, 11) is 2.90. The Morgan fingerprint density at radius 1 is 1.15 bits per heavy atom. The minimum atomic E-state index is -0.628. The lowest BCUT2D eigenvalue weighted by atomic mass is 10.0. The Bertz CT molecular complexity index is 1470. The van der Waals surface area contributed by atoms with Gasteiger partial charge in [-0.15, -0.1) is 0 Å². The van der Waals surface area contributed by atoms with Gasteiger partial charge in [-0.05, 0) is 61.9 Å². The largest absolute Gasteiger partial charge is 0.464 e. The van der Waals surface area contributed by atoms with Gasteiger partial charge in [-0.3, -0.25) is 9.36 Å². The maximum atomic E-state index is 13.5. The van der Waals surface area contributed by atoms with Crippen molar-refractivity contribution in [2.45, 2.75) is 19.9 Å². The molecule has 0 saturated heterocycles. The second-order valence-electron chi connectivity index (χ2n) is 7.94. The number of carbonyl (C=O) groups is 1. The molecule has 9 heteroatoms. The van der Waals surface area contributed by atoms with Crippen LogP contribution < -0.4 is 10.9 Å². The van der Waals surface area contributed by atoms with Gasteiger partial charge >= 0.3 is 5.97 Å². The van der Waals surface area contributed by atoms with E-state index in [1.807, 2.05) is 19.9 Å². The topological polar surface area (TPSA) is 86.1 Å². The van der Waals surface area contributed by atoms with Crippen LogP contribution in [0, 0.1) is 12.7 Å². The number of anilines is 1. The fourth-order valence-corrected chi connectivity index (χ4v) is 4.00. The van der Waals surface area contributed by atoms with E-state index in [4.69, 9.17) is 21.3 Å². The second-order valence-corrected chi connectivity index (χ2v) is 8.33. The third kappa shape index (κ3) is 4.36. The minimum absolute atomic E-state index is 0.0506. The number of nitrogens with zero attached hydrogens (tertiary/aromatic N) is 3. The van der Waals surface area contributed by atoms with Gasteiger partial charge in [0.25, 0.3) is 5.56 Å². The third-order valence-electron chi connectivity index (χ3n) is 5.54. The van der Waals surface area contributed by atoms with Crippen molar-refractivity contribution in [2.24, 2.45) is 7.05 Å². The van der Waals surface area contributed by atoms with E-state index in [-0.39, 0.29) is 28.3 Å². The van der Waals surface area contributed by atoms with Crippen LogP contribution in [-0.2, 0) is 11.8 Å². The van der Waals surface area contributed by atoms with Crippen LogP contribution in [0.4, 0.5) is 10.1 Å². The highest BCUT2D eigenvalue weighted by atomic mass is 35.5. The van der Waals surface area contributed by atoms with Crippen molar-refractivity contribution in [3.05, 3.63) is 86.7 Å². The highest BCUT2D eigenvalue weighted by Gasteiger charge is 2.20. The van der Waals surface area contributed by atoms with Crippen LogP contribution in [-0.4, -0.2) is 27.6 Å². The second kappa shape index (κ2) is 9.23. The van der Waals surface area contributed by atoms with Gasteiger partial charge in [0.1, 0.15) is 16.8 Å². The zero-order valence-electron chi connectivity index (χ0n) is 19.0. The number of benzene rings is 2. The summed E-state index contributed by atoms with van der Waals surface area (Å²) in [6.45, 7) is 3.79. The van der Waals surface area contributed by atoms with Crippen molar-refractivity contribution >= 4 is 34.2 Å². The molecule has 0 aliphatic rings. The summed E-state index contributed by atoms with van der Waals surface area (Å²) in [5.41, 5.74) is 3.02. The first-order valence-corrected chi connectivity index (χ1v) is 10.9. The van der Waals surface area contributed by atoms with Gasteiger partial charge in [-0.1, -0.05) is 17.7 Å². The van der Waals surface area contributed by atoms with E-state index in [2.05, 4.69) is 10.3 Å². The summed E-state index contributed by atoms with van der Waals surface area (Å²) in [6.07, 6.45) is 0. The molecule has 0 aliphatic carbocycles. The first kappa shape index (κ1) is 23.4. The zero-order chi connectivity index (χ0) is 24.6. The molecule has 0 amide bonds. The average Bonchev–Trinajstić information content (AvgIpc) is 2.82. The number of aryl methyl sites for hydroxylation is 1. The number of ether oxygens (including phenoxy) is 1. The molecule has 2 aromatic carbocycles. The summed E-state index contributed by atoms with van der Waals surface area (Å²) >= 11 is 5.97. The predicted molar refractivity (Wildman–Crippen MR) is 130 cm³/mol. The van der Waals surface area contributed by atoms with Crippen LogP contribution >= 0.6 is 11.6 Å². The van der Waals surface area contributed by atoms with Crippen molar-refractivity contribution in [3.63, 3.8) is 0 Å². The van der Waals surface area contributed by atoms with Gasteiger partial charge < -0.3 is 10.1 Å². The van der Waals surface area contributed by atoms with Crippen molar-refractivity contribution in [2.75, 3.05) is 12.4 Å². The monoisotopic (exact) mass is 480 g/mol. The molecule has 34 heavy (non-hydrogen) atoms. The highest BCUT2D eigenvalue weighted by molar-refractivity contribution is 6.29. The number of hydrogen-bond acceptors (Lipinski definition) is 6. The molecule has 0 unspecified atom stereocenters. The number of esters is 1. The van der Waals surface area contributed by atoms with E-state index >= 15 is 0 Å². The number of hydrogen-bond donors (Lipinski definition) is 1. The third-order valence-corrected chi connectivity index (χ3v) is 5.75. The first-order valence-electron chi connectivity index (χ1n) is 10.5. The average molecular weight is 481 g/mol. The van der Waals surface area contributed by atoms with Crippen LogP contribution in [0.2, 0.25) is 5.15 Å². The van der Waals surface area contributed by atoms with E-state index in [1.54, 1.807) is 37.4 Å². The van der Waals surface area contributed by atoms with E-state index in [9.17, 15) is 14.0 Å². The molecule has 0 radical (unpaired) electrons. The minimum Gasteiger partial charge on any atom is -0.464 e. The maximum Gasteiger partial charge on any atom is 0.358 e. The van der Waals surface area contributed by atoms with Crippen LogP contribution in [0.1, 0.15) is 34.6 Å². The molecule has 0 fully saturated rings. The molecule has 0 spiro atoms. The molecule has 0 aliphatic heterocycles. The Balaban J connectivity index is 1.87. The zero-order valence-corrected chi connectivity index (χ0v) is 19.8. The first-order chi connectivity index (χ1) is 16.2. The number of nitrogens with one attached hydrogen (secondary N) is 1. The number of halogens is 2.